The van der Waals surface area contributed by atoms with Crippen LogP contribution in [0.15, 0.2) is 42.7 Å². The number of benzene rings is 1. The second-order valence-electron chi connectivity index (χ2n) is 5.44. The fraction of sp³-hybridized carbons (Fsp3) is 0.353. The normalized spacial score (nSPS) is 13.1. The molecule has 2 N–H and O–H groups in total. The lowest BCUT2D eigenvalue weighted by Gasteiger charge is -2.20. The summed E-state index contributed by atoms with van der Waals surface area (Å²) in [6, 6.07) is 8.13. The van der Waals surface area contributed by atoms with Crippen molar-refractivity contribution >= 4 is 11.9 Å². The third-order valence-electron chi connectivity index (χ3n) is 3.69. The standard InChI is InChI=1S/C17H22N4O3/c1-18-15(13-10-19-21(2)11-13)16(22)20-14(17(23)24-3)9-12-7-5-4-6-8-12/h4-8,10-11,14-15,18H,9H2,1-3H3,(H,20,22). The Labute approximate surface area is 141 Å². The summed E-state index contributed by atoms with van der Waals surface area (Å²) in [5.74, 6) is -0.787. The van der Waals surface area contributed by atoms with Crippen LogP contribution in [0.4, 0.5) is 0 Å². The van der Waals surface area contributed by atoms with Crippen molar-refractivity contribution in [2.24, 2.45) is 7.05 Å². The number of carbonyl (C=O) groups excluding carboxylic acids is 2. The Morgan fingerprint density at radius 1 is 1.29 bits per heavy atom. The van der Waals surface area contributed by atoms with Crippen LogP contribution in [-0.4, -0.2) is 41.9 Å². The van der Waals surface area contributed by atoms with Crippen molar-refractivity contribution in [3.63, 3.8) is 0 Å². The van der Waals surface area contributed by atoms with Crippen molar-refractivity contribution in [1.29, 1.82) is 0 Å². The number of carbonyl (C=O) groups is 2. The average Bonchev–Trinajstić information content (AvgIpc) is 3.01. The van der Waals surface area contributed by atoms with Crippen molar-refractivity contribution in [2.45, 2.75) is 18.5 Å². The predicted octanol–water partition coefficient (Wildman–Crippen LogP) is 0.581. The maximum absolute atomic E-state index is 12.6. The molecule has 0 spiro atoms. The van der Waals surface area contributed by atoms with Crippen LogP contribution in [0.2, 0.25) is 0 Å². The van der Waals surface area contributed by atoms with E-state index >= 15 is 0 Å². The summed E-state index contributed by atoms with van der Waals surface area (Å²) >= 11 is 0. The minimum Gasteiger partial charge on any atom is -0.467 e. The summed E-state index contributed by atoms with van der Waals surface area (Å²) in [6.45, 7) is 0. The highest BCUT2D eigenvalue weighted by molar-refractivity contribution is 5.88. The van der Waals surface area contributed by atoms with Crippen molar-refractivity contribution in [3.05, 3.63) is 53.9 Å². The number of hydrogen-bond donors (Lipinski definition) is 2. The molecule has 0 bridgehead atoms. The number of nitrogens with one attached hydrogen (secondary N) is 2. The molecule has 0 aliphatic carbocycles. The lowest BCUT2D eigenvalue weighted by Crippen LogP contribution is -2.47. The molecule has 1 heterocycles. The zero-order chi connectivity index (χ0) is 17.5. The number of aromatic nitrogens is 2. The molecule has 1 aromatic carbocycles. The maximum Gasteiger partial charge on any atom is 0.328 e. The maximum atomic E-state index is 12.6. The van der Waals surface area contributed by atoms with Gasteiger partial charge in [0.1, 0.15) is 12.1 Å². The van der Waals surface area contributed by atoms with Crippen LogP contribution in [0.5, 0.6) is 0 Å². The topological polar surface area (TPSA) is 85.2 Å². The summed E-state index contributed by atoms with van der Waals surface area (Å²) in [5.41, 5.74) is 1.66. The lowest BCUT2D eigenvalue weighted by molar-refractivity contribution is -0.145. The molecule has 0 saturated carbocycles. The molecule has 24 heavy (non-hydrogen) atoms. The Balaban J connectivity index is 2.12. The van der Waals surface area contributed by atoms with E-state index in [0.717, 1.165) is 11.1 Å². The first-order valence-corrected chi connectivity index (χ1v) is 7.63. The van der Waals surface area contributed by atoms with Gasteiger partial charge in [-0.2, -0.15) is 5.10 Å². The third-order valence-corrected chi connectivity index (χ3v) is 3.69. The van der Waals surface area contributed by atoms with Crippen LogP contribution < -0.4 is 10.6 Å². The molecule has 7 heteroatoms. The van der Waals surface area contributed by atoms with Gasteiger partial charge in [-0.15, -0.1) is 0 Å². The Morgan fingerprint density at radius 3 is 2.54 bits per heavy atom. The van der Waals surface area contributed by atoms with Crippen molar-refractivity contribution < 1.29 is 14.3 Å². The van der Waals surface area contributed by atoms with E-state index in [0.29, 0.717) is 6.42 Å². The van der Waals surface area contributed by atoms with Gasteiger partial charge in [0.15, 0.2) is 0 Å². The summed E-state index contributed by atoms with van der Waals surface area (Å²) in [7, 11) is 4.77. The first kappa shape index (κ1) is 17.7. The molecule has 2 rings (SSSR count). The van der Waals surface area contributed by atoms with Crippen molar-refractivity contribution in [1.82, 2.24) is 20.4 Å². The van der Waals surface area contributed by atoms with E-state index in [1.165, 1.54) is 7.11 Å². The minimum atomic E-state index is -0.752. The quantitative estimate of drug-likeness (QED) is 0.726. The summed E-state index contributed by atoms with van der Waals surface area (Å²) in [6.07, 6.45) is 3.74. The van der Waals surface area contributed by atoms with E-state index in [2.05, 4.69) is 15.7 Å². The predicted molar refractivity (Wildman–Crippen MR) is 89.1 cm³/mol. The second kappa shape index (κ2) is 8.26. The number of hydrogen-bond acceptors (Lipinski definition) is 5. The molecule has 1 aromatic heterocycles. The van der Waals surface area contributed by atoms with Gasteiger partial charge in [0.2, 0.25) is 5.91 Å². The van der Waals surface area contributed by atoms with Gasteiger partial charge in [-0.3, -0.25) is 9.48 Å². The van der Waals surface area contributed by atoms with Gasteiger partial charge in [0, 0.05) is 25.2 Å². The number of ether oxygens (including phenoxy) is 1. The lowest BCUT2D eigenvalue weighted by atomic mass is 10.0. The molecule has 2 aromatic rings. The fourth-order valence-corrected chi connectivity index (χ4v) is 2.48. The molecule has 7 nitrogen and oxygen atoms in total. The van der Waals surface area contributed by atoms with Crippen LogP contribution in [0.25, 0.3) is 0 Å². The number of aryl methyl sites for hydroxylation is 1. The van der Waals surface area contributed by atoms with Crippen LogP contribution in [-0.2, 0) is 27.8 Å². The summed E-state index contributed by atoms with van der Waals surface area (Å²) < 4.78 is 6.44. The van der Waals surface area contributed by atoms with E-state index in [4.69, 9.17) is 4.74 Å². The van der Waals surface area contributed by atoms with E-state index in [-0.39, 0.29) is 5.91 Å². The van der Waals surface area contributed by atoms with E-state index in [9.17, 15) is 9.59 Å². The van der Waals surface area contributed by atoms with Gasteiger partial charge in [0.05, 0.1) is 13.3 Å². The molecule has 2 unspecified atom stereocenters. The molecule has 128 valence electrons. The van der Waals surface area contributed by atoms with Gasteiger partial charge in [-0.25, -0.2) is 4.79 Å². The molecule has 0 fully saturated rings. The van der Waals surface area contributed by atoms with Gasteiger partial charge >= 0.3 is 5.97 Å². The van der Waals surface area contributed by atoms with Gasteiger partial charge < -0.3 is 15.4 Å². The van der Waals surface area contributed by atoms with Gasteiger partial charge in [0.25, 0.3) is 0 Å². The van der Waals surface area contributed by atoms with E-state index in [1.54, 1.807) is 31.2 Å². The first-order valence-electron chi connectivity index (χ1n) is 7.63. The zero-order valence-electron chi connectivity index (χ0n) is 14.0. The highest BCUT2D eigenvalue weighted by Gasteiger charge is 2.27. The third kappa shape index (κ3) is 4.42. The average molecular weight is 330 g/mol. The molecule has 0 saturated heterocycles. The number of methoxy groups -OCH3 is 1. The first-order chi connectivity index (χ1) is 11.5. The molecular weight excluding hydrogens is 308 g/mol. The van der Waals surface area contributed by atoms with E-state index < -0.39 is 18.1 Å². The van der Waals surface area contributed by atoms with Crippen LogP contribution in [0, 0.1) is 0 Å². The smallest absolute Gasteiger partial charge is 0.328 e. The van der Waals surface area contributed by atoms with Gasteiger partial charge in [-0.05, 0) is 12.6 Å². The Kier molecular flexibility index (Phi) is 6.08. The monoisotopic (exact) mass is 330 g/mol. The SMILES string of the molecule is CNC(C(=O)NC(Cc1ccccc1)C(=O)OC)c1cnn(C)c1. The Hall–Kier alpha value is -2.67. The molecular formula is C17H22N4O3. The zero-order valence-corrected chi connectivity index (χ0v) is 14.0. The number of nitrogens with zero attached hydrogens (tertiary/aromatic N) is 2. The van der Waals surface area contributed by atoms with Crippen LogP contribution >= 0.6 is 0 Å². The molecule has 0 radical (unpaired) electrons. The van der Waals surface area contributed by atoms with Crippen LogP contribution in [0.1, 0.15) is 17.2 Å². The summed E-state index contributed by atoms with van der Waals surface area (Å²) in [5, 5.41) is 9.77. The van der Waals surface area contributed by atoms with Crippen LogP contribution in [0.3, 0.4) is 0 Å². The Morgan fingerprint density at radius 2 is 2.00 bits per heavy atom. The summed E-state index contributed by atoms with van der Waals surface area (Å²) in [4.78, 5) is 24.6. The van der Waals surface area contributed by atoms with Gasteiger partial charge in [-0.1, -0.05) is 30.3 Å². The van der Waals surface area contributed by atoms with E-state index in [1.807, 2.05) is 30.3 Å². The van der Waals surface area contributed by atoms with Crippen molar-refractivity contribution in [3.8, 4) is 0 Å². The highest BCUT2D eigenvalue weighted by atomic mass is 16.5. The van der Waals surface area contributed by atoms with Crippen molar-refractivity contribution in [2.75, 3.05) is 14.2 Å². The Bertz CT molecular complexity index is 684. The molecule has 0 aliphatic heterocycles. The number of rotatable bonds is 7. The number of esters is 1. The largest absolute Gasteiger partial charge is 0.467 e. The minimum absolute atomic E-state index is 0.308. The second-order valence-corrected chi connectivity index (χ2v) is 5.44. The molecule has 0 aliphatic rings. The molecule has 2 atom stereocenters. The number of amides is 1. The fourth-order valence-electron chi connectivity index (χ4n) is 2.48. The highest BCUT2D eigenvalue weighted by Crippen LogP contribution is 2.12. The number of likely N-dealkylation sites (N-methyl/N-ethyl adjacent to an activating group) is 1. The molecule has 1 amide bonds.